The lowest BCUT2D eigenvalue weighted by Gasteiger charge is -2.22. The van der Waals surface area contributed by atoms with Crippen molar-refractivity contribution in [2.45, 2.75) is 19.4 Å². The van der Waals surface area contributed by atoms with E-state index in [1.165, 1.54) is 13.8 Å². The highest BCUT2D eigenvalue weighted by molar-refractivity contribution is 5.81. The SMILES string of the molecule is CC(C)(Nc1ccc([N+](=O)[O-])cc1F)C(=O)O. The molecule has 0 saturated carbocycles. The predicted octanol–water partition coefficient (Wildman–Crippen LogP) is 2.01. The van der Waals surface area contributed by atoms with Crippen LogP contribution in [-0.4, -0.2) is 21.5 Å². The number of nitrogens with zero attached hydrogens (tertiary/aromatic N) is 1. The van der Waals surface area contributed by atoms with Crippen LogP contribution in [0.3, 0.4) is 0 Å². The van der Waals surface area contributed by atoms with E-state index in [0.29, 0.717) is 0 Å². The van der Waals surface area contributed by atoms with E-state index in [4.69, 9.17) is 5.11 Å². The van der Waals surface area contributed by atoms with Crippen LogP contribution in [0.1, 0.15) is 13.8 Å². The monoisotopic (exact) mass is 242 g/mol. The molecule has 0 heterocycles. The number of aliphatic carboxylic acids is 1. The van der Waals surface area contributed by atoms with Crippen molar-refractivity contribution < 1.29 is 19.2 Å². The van der Waals surface area contributed by atoms with Gasteiger partial charge in [-0.15, -0.1) is 0 Å². The molecular weight excluding hydrogens is 231 g/mol. The molecule has 0 radical (unpaired) electrons. The lowest BCUT2D eigenvalue weighted by molar-refractivity contribution is -0.385. The lowest BCUT2D eigenvalue weighted by atomic mass is 10.1. The predicted molar refractivity (Wildman–Crippen MR) is 58.4 cm³/mol. The van der Waals surface area contributed by atoms with E-state index in [9.17, 15) is 19.3 Å². The van der Waals surface area contributed by atoms with Gasteiger partial charge < -0.3 is 10.4 Å². The van der Waals surface area contributed by atoms with Crippen LogP contribution in [0.15, 0.2) is 18.2 Å². The van der Waals surface area contributed by atoms with E-state index >= 15 is 0 Å². The number of anilines is 1. The van der Waals surface area contributed by atoms with Crippen molar-refractivity contribution in [1.29, 1.82) is 0 Å². The molecule has 2 N–H and O–H groups in total. The Kier molecular flexibility index (Phi) is 3.31. The molecule has 0 atom stereocenters. The van der Waals surface area contributed by atoms with Crippen molar-refractivity contribution >= 4 is 17.3 Å². The highest BCUT2D eigenvalue weighted by Crippen LogP contribution is 2.23. The number of non-ortho nitro benzene ring substituents is 1. The summed E-state index contributed by atoms with van der Waals surface area (Å²) in [5.41, 5.74) is -1.85. The normalized spacial score (nSPS) is 11.0. The number of carboxylic acids is 1. The van der Waals surface area contributed by atoms with Gasteiger partial charge in [0.2, 0.25) is 0 Å². The van der Waals surface area contributed by atoms with Crippen LogP contribution in [0.4, 0.5) is 15.8 Å². The maximum atomic E-state index is 13.4. The molecule has 0 saturated heterocycles. The Morgan fingerprint density at radius 3 is 2.53 bits per heavy atom. The molecule has 92 valence electrons. The molecule has 1 aromatic rings. The molecule has 0 aromatic heterocycles. The minimum Gasteiger partial charge on any atom is -0.480 e. The summed E-state index contributed by atoms with van der Waals surface area (Å²) in [6.45, 7) is 2.71. The molecule has 0 amide bonds. The summed E-state index contributed by atoms with van der Waals surface area (Å²) in [5, 5.41) is 21.7. The summed E-state index contributed by atoms with van der Waals surface area (Å²) >= 11 is 0. The Hall–Kier alpha value is -2.18. The first-order valence-corrected chi connectivity index (χ1v) is 4.69. The smallest absolute Gasteiger partial charge is 0.328 e. The molecule has 0 bridgehead atoms. The molecule has 6 nitrogen and oxygen atoms in total. The fourth-order valence-electron chi connectivity index (χ4n) is 1.11. The Morgan fingerprint density at radius 1 is 1.53 bits per heavy atom. The third-order valence-corrected chi connectivity index (χ3v) is 2.15. The van der Waals surface area contributed by atoms with E-state index < -0.39 is 22.2 Å². The molecule has 0 aliphatic rings. The molecule has 17 heavy (non-hydrogen) atoms. The average molecular weight is 242 g/mol. The summed E-state index contributed by atoms with van der Waals surface area (Å²) in [7, 11) is 0. The highest BCUT2D eigenvalue weighted by atomic mass is 19.1. The Bertz CT molecular complexity index is 473. The van der Waals surface area contributed by atoms with Crippen LogP contribution in [0.5, 0.6) is 0 Å². The van der Waals surface area contributed by atoms with Crippen molar-refractivity contribution in [3.8, 4) is 0 Å². The van der Waals surface area contributed by atoms with E-state index in [0.717, 1.165) is 18.2 Å². The standard InChI is InChI=1S/C10H11FN2O4/c1-10(2,9(14)15)12-8-4-3-6(13(16)17)5-7(8)11/h3-5,12H,1-2H3,(H,14,15). The van der Waals surface area contributed by atoms with Gasteiger partial charge >= 0.3 is 5.97 Å². The first-order chi connectivity index (χ1) is 7.74. The maximum absolute atomic E-state index is 13.4. The first kappa shape index (κ1) is 12.9. The maximum Gasteiger partial charge on any atom is 0.328 e. The average Bonchev–Trinajstić information content (AvgIpc) is 2.20. The molecule has 1 rings (SSSR count). The fourth-order valence-corrected chi connectivity index (χ4v) is 1.11. The number of hydrogen-bond acceptors (Lipinski definition) is 4. The van der Waals surface area contributed by atoms with Crippen molar-refractivity contribution in [3.05, 3.63) is 34.1 Å². The van der Waals surface area contributed by atoms with Gasteiger partial charge in [-0.05, 0) is 19.9 Å². The van der Waals surface area contributed by atoms with Crippen LogP contribution in [0.2, 0.25) is 0 Å². The summed E-state index contributed by atoms with van der Waals surface area (Å²) in [4.78, 5) is 20.5. The summed E-state index contributed by atoms with van der Waals surface area (Å²) in [6.07, 6.45) is 0. The van der Waals surface area contributed by atoms with Crippen molar-refractivity contribution in [3.63, 3.8) is 0 Å². The fraction of sp³-hybridized carbons (Fsp3) is 0.300. The molecule has 7 heteroatoms. The summed E-state index contributed by atoms with van der Waals surface area (Å²) in [5.74, 6) is -2.02. The number of nitro benzene ring substituents is 1. The molecule has 0 unspecified atom stereocenters. The van der Waals surface area contributed by atoms with Gasteiger partial charge in [0, 0.05) is 6.07 Å². The van der Waals surface area contributed by atoms with Gasteiger partial charge in [-0.1, -0.05) is 0 Å². The minimum absolute atomic E-state index is 0.0944. The second kappa shape index (κ2) is 4.36. The molecule has 1 aromatic carbocycles. The Labute approximate surface area is 96.2 Å². The van der Waals surface area contributed by atoms with Crippen molar-refractivity contribution in [1.82, 2.24) is 0 Å². The van der Waals surface area contributed by atoms with Gasteiger partial charge in [0.05, 0.1) is 16.7 Å². The number of carboxylic acid groups (broad SMARTS) is 1. The third kappa shape index (κ3) is 2.90. The number of nitrogens with one attached hydrogen (secondary N) is 1. The van der Waals surface area contributed by atoms with E-state index in [2.05, 4.69) is 5.32 Å². The number of halogens is 1. The number of carbonyl (C=O) groups is 1. The largest absolute Gasteiger partial charge is 0.480 e. The van der Waals surface area contributed by atoms with Gasteiger partial charge in [-0.25, -0.2) is 9.18 Å². The summed E-state index contributed by atoms with van der Waals surface area (Å²) in [6, 6.07) is 2.97. The minimum atomic E-state index is -1.36. The molecule has 0 spiro atoms. The van der Waals surface area contributed by atoms with Gasteiger partial charge in [-0.3, -0.25) is 10.1 Å². The van der Waals surface area contributed by atoms with Gasteiger partial charge in [-0.2, -0.15) is 0 Å². The number of nitro groups is 1. The third-order valence-electron chi connectivity index (χ3n) is 2.15. The number of hydrogen-bond donors (Lipinski definition) is 2. The number of benzene rings is 1. The molecule has 0 fully saturated rings. The summed E-state index contributed by atoms with van der Waals surface area (Å²) < 4.78 is 13.4. The zero-order valence-corrected chi connectivity index (χ0v) is 9.23. The van der Waals surface area contributed by atoms with E-state index in [-0.39, 0.29) is 11.4 Å². The van der Waals surface area contributed by atoms with Crippen LogP contribution >= 0.6 is 0 Å². The van der Waals surface area contributed by atoms with Gasteiger partial charge in [0.1, 0.15) is 5.54 Å². The second-order valence-corrected chi connectivity index (χ2v) is 3.98. The highest BCUT2D eigenvalue weighted by Gasteiger charge is 2.28. The van der Waals surface area contributed by atoms with Crippen LogP contribution in [0.25, 0.3) is 0 Å². The van der Waals surface area contributed by atoms with Crippen LogP contribution in [0, 0.1) is 15.9 Å². The molecule has 0 aliphatic carbocycles. The lowest BCUT2D eigenvalue weighted by Crippen LogP contribution is -2.40. The molecular formula is C10H11FN2O4. The van der Waals surface area contributed by atoms with E-state index in [1.807, 2.05) is 0 Å². The van der Waals surface area contributed by atoms with Crippen LogP contribution in [-0.2, 0) is 4.79 Å². The van der Waals surface area contributed by atoms with Gasteiger partial charge in [0.25, 0.3) is 5.69 Å². The topological polar surface area (TPSA) is 92.5 Å². The van der Waals surface area contributed by atoms with Crippen molar-refractivity contribution in [2.75, 3.05) is 5.32 Å². The van der Waals surface area contributed by atoms with Crippen LogP contribution < -0.4 is 5.32 Å². The Morgan fingerprint density at radius 2 is 2.12 bits per heavy atom. The quantitative estimate of drug-likeness (QED) is 0.622. The van der Waals surface area contributed by atoms with Gasteiger partial charge in [0.15, 0.2) is 5.82 Å². The molecule has 0 aliphatic heterocycles. The van der Waals surface area contributed by atoms with Crippen molar-refractivity contribution in [2.24, 2.45) is 0 Å². The number of rotatable bonds is 4. The van der Waals surface area contributed by atoms with E-state index in [1.54, 1.807) is 0 Å². The second-order valence-electron chi connectivity index (χ2n) is 3.98. The first-order valence-electron chi connectivity index (χ1n) is 4.69. The zero-order valence-electron chi connectivity index (χ0n) is 9.23. The Balaban J connectivity index is 3.02. The zero-order chi connectivity index (χ0) is 13.2.